The average molecular weight is 254 g/mol. The second kappa shape index (κ2) is 6.39. The van der Waals surface area contributed by atoms with Crippen molar-refractivity contribution in [2.24, 2.45) is 5.92 Å². The molecule has 1 amide bonds. The Morgan fingerprint density at radius 2 is 2.22 bits per heavy atom. The molecule has 1 heterocycles. The highest BCUT2D eigenvalue weighted by Gasteiger charge is 2.21. The molecule has 0 radical (unpaired) electrons. The van der Waals surface area contributed by atoms with Gasteiger partial charge in [0.25, 0.3) is 5.91 Å². The molecule has 0 aliphatic rings. The van der Waals surface area contributed by atoms with Crippen molar-refractivity contribution in [2.45, 2.75) is 39.7 Å². The Kier molecular flexibility index (Phi) is 5.15. The van der Waals surface area contributed by atoms with E-state index in [-0.39, 0.29) is 30.2 Å². The number of rotatable bonds is 6. The predicted molar refractivity (Wildman–Crippen MR) is 70.2 cm³/mol. The highest BCUT2D eigenvalue weighted by molar-refractivity contribution is 5.97. The van der Waals surface area contributed by atoms with Crippen LogP contribution in [0.25, 0.3) is 0 Å². The molecule has 0 bridgehead atoms. The fourth-order valence-corrected chi connectivity index (χ4v) is 1.66. The molecule has 6 nitrogen and oxygen atoms in total. The van der Waals surface area contributed by atoms with E-state index in [1.54, 1.807) is 0 Å². The third-order valence-electron chi connectivity index (χ3n) is 2.92. The number of nitrogen functional groups attached to an aromatic ring is 1. The summed E-state index contributed by atoms with van der Waals surface area (Å²) in [6.07, 6.45) is 1.69. The van der Waals surface area contributed by atoms with Crippen molar-refractivity contribution in [1.82, 2.24) is 15.5 Å². The Balaban J connectivity index is 2.78. The summed E-state index contributed by atoms with van der Waals surface area (Å²) in [6.45, 7) is 5.78. The fourth-order valence-electron chi connectivity index (χ4n) is 1.66. The molecule has 0 aromatic carbocycles. The van der Waals surface area contributed by atoms with Crippen molar-refractivity contribution in [3.05, 3.63) is 11.4 Å². The molecule has 6 heteroatoms. The highest BCUT2D eigenvalue weighted by Crippen LogP contribution is 2.16. The van der Waals surface area contributed by atoms with Gasteiger partial charge in [-0.15, -0.1) is 0 Å². The van der Waals surface area contributed by atoms with Crippen molar-refractivity contribution >= 4 is 11.6 Å². The van der Waals surface area contributed by atoms with Crippen LogP contribution in [-0.4, -0.2) is 33.9 Å². The molecule has 1 aromatic heterocycles. The molecule has 0 aliphatic heterocycles. The number of amides is 1. The van der Waals surface area contributed by atoms with Crippen LogP contribution in [0.4, 0.5) is 5.69 Å². The second-order valence-corrected chi connectivity index (χ2v) is 4.72. The Morgan fingerprint density at radius 3 is 2.72 bits per heavy atom. The fraction of sp³-hybridized carbons (Fsp3) is 0.667. The first kappa shape index (κ1) is 14.5. The van der Waals surface area contributed by atoms with Crippen LogP contribution in [0.1, 0.15) is 43.4 Å². The largest absolute Gasteiger partial charge is 0.395 e. The third-order valence-corrected chi connectivity index (χ3v) is 2.92. The summed E-state index contributed by atoms with van der Waals surface area (Å²) in [7, 11) is 0. The van der Waals surface area contributed by atoms with E-state index < -0.39 is 0 Å². The molecule has 0 fully saturated rings. The zero-order valence-electron chi connectivity index (χ0n) is 11.2. The molecule has 102 valence electrons. The first-order valence-electron chi connectivity index (χ1n) is 6.25. The molecule has 0 saturated carbocycles. The number of nitrogens with two attached hydrogens (primary N) is 1. The average Bonchev–Trinajstić information content (AvgIpc) is 2.68. The lowest BCUT2D eigenvalue weighted by Crippen LogP contribution is -2.41. The SMILES string of the molecule is CCCc1[nH]nc(C(=O)N[C@H](CO)C(C)C)c1N. The molecular weight excluding hydrogens is 232 g/mol. The van der Waals surface area contributed by atoms with Crippen molar-refractivity contribution in [3.63, 3.8) is 0 Å². The van der Waals surface area contributed by atoms with Gasteiger partial charge in [0.1, 0.15) is 0 Å². The first-order valence-corrected chi connectivity index (χ1v) is 6.25. The summed E-state index contributed by atoms with van der Waals surface area (Å²) < 4.78 is 0. The topological polar surface area (TPSA) is 104 Å². The molecule has 0 aliphatic carbocycles. The summed E-state index contributed by atoms with van der Waals surface area (Å²) in [6, 6.07) is -0.289. The van der Waals surface area contributed by atoms with Gasteiger partial charge < -0.3 is 16.2 Å². The molecule has 1 rings (SSSR count). The van der Waals surface area contributed by atoms with Crippen LogP contribution in [0.15, 0.2) is 0 Å². The molecule has 0 spiro atoms. The maximum absolute atomic E-state index is 12.0. The molecule has 1 aromatic rings. The van der Waals surface area contributed by atoms with E-state index in [0.29, 0.717) is 5.69 Å². The minimum Gasteiger partial charge on any atom is -0.395 e. The van der Waals surface area contributed by atoms with Gasteiger partial charge in [-0.3, -0.25) is 9.89 Å². The summed E-state index contributed by atoms with van der Waals surface area (Å²) in [5.41, 5.74) is 7.26. The maximum Gasteiger partial charge on any atom is 0.274 e. The zero-order valence-corrected chi connectivity index (χ0v) is 11.2. The van der Waals surface area contributed by atoms with Gasteiger partial charge >= 0.3 is 0 Å². The number of aliphatic hydroxyl groups is 1. The van der Waals surface area contributed by atoms with Gasteiger partial charge in [0.05, 0.1) is 24.0 Å². The quantitative estimate of drug-likeness (QED) is 0.599. The Bertz CT molecular complexity index is 401. The van der Waals surface area contributed by atoms with Crippen LogP contribution in [0.3, 0.4) is 0 Å². The minimum absolute atomic E-state index is 0.102. The number of nitrogens with one attached hydrogen (secondary N) is 2. The van der Waals surface area contributed by atoms with Gasteiger partial charge in [-0.25, -0.2) is 0 Å². The van der Waals surface area contributed by atoms with E-state index in [9.17, 15) is 9.90 Å². The number of nitrogens with zero attached hydrogens (tertiary/aromatic N) is 1. The van der Waals surface area contributed by atoms with Crippen LogP contribution in [0, 0.1) is 5.92 Å². The summed E-state index contributed by atoms with van der Waals surface area (Å²) in [5, 5.41) is 18.6. The Labute approximate surface area is 107 Å². The molecule has 18 heavy (non-hydrogen) atoms. The van der Waals surface area contributed by atoms with Crippen LogP contribution < -0.4 is 11.1 Å². The number of anilines is 1. The van der Waals surface area contributed by atoms with Gasteiger partial charge in [-0.05, 0) is 12.3 Å². The number of aliphatic hydroxyl groups excluding tert-OH is 1. The van der Waals surface area contributed by atoms with Crippen LogP contribution in [-0.2, 0) is 6.42 Å². The number of hydrogen-bond donors (Lipinski definition) is 4. The number of aromatic amines is 1. The van der Waals surface area contributed by atoms with E-state index in [0.717, 1.165) is 18.5 Å². The molecule has 1 atom stereocenters. The van der Waals surface area contributed by atoms with Crippen molar-refractivity contribution in [3.8, 4) is 0 Å². The van der Waals surface area contributed by atoms with Gasteiger partial charge in [-0.2, -0.15) is 5.10 Å². The zero-order chi connectivity index (χ0) is 13.7. The number of carbonyl (C=O) groups excluding carboxylic acids is 1. The number of carbonyl (C=O) groups is 1. The third kappa shape index (κ3) is 3.22. The maximum atomic E-state index is 12.0. The molecule has 0 unspecified atom stereocenters. The number of H-pyrrole nitrogens is 1. The van der Waals surface area contributed by atoms with E-state index >= 15 is 0 Å². The normalized spacial score (nSPS) is 12.7. The second-order valence-electron chi connectivity index (χ2n) is 4.72. The first-order chi connectivity index (χ1) is 8.51. The number of aromatic nitrogens is 2. The highest BCUT2D eigenvalue weighted by atomic mass is 16.3. The van der Waals surface area contributed by atoms with Crippen molar-refractivity contribution < 1.29 is 9.90 Å². The van der Waals surface area contributed by atoms with Crippen LogP contribution in [0.2, 0.25) is 0 Å². The van der Waals surface area contributed by atoms with E-state index in [2.05, 4.69) is 15.5 Å². The van der Waals surface area contributed by atoms with E-state index in [1.165, 1.54) is 0 Å². The van der Waals surface area contributed by atoms with Crippen LogP contribution in [0.5, 0.6) is 0 Å². The minimum atomic E-state index is -0.348. The van der Waals surface area contributed by atoms with Gasteiger partial charge in [0, 0.05) is 0 Å². The van der Waals surface area contributed by atoms with Gasteiger partial charge in [0.2, 0.25) is 0 Å². The summed E-state index contributed by atoms with van der Waals surface area (Å²) in [4.78, 5) is 12.0. The molecular formula is C12H22N4O2. The molecule has 5 N–H and O–H groups in total. The number of aryl methyl sites for hydroxylation is 1. The Morgan fingerprint density at radius 1 is 1.56 bits per heavy atom. The van der Waals surface area contributed by atoms with Gasteiger partial charge in [0.15, 0.2) is 5.69 Å². The van der Waals surface area contributed by atoms with E-state index in [1.807, 2.05) is 20.8 Å². The van der Waals surface area contributed by atoms with Crippen molar-refractivity contribution in [2.75, 3.05) is 12.3 Å². The smallest absolute Gasteiger partial charge is 0.274 e. The lowest BCUT2D eigenvalue weighted by Gasteiger charge is -2.19. The summed E-state index contributed by atoms with van der Waals surface area (Å²) >= 11 is 0. The summed E-state index contributed by atoms with van der Waals surface area (Å²) in [5.74, 6) is -0.201. The van der Waals surface area contributed by atoms with Gasteiger partial charge in [-0.1, -0.05) is 27.2 Å². The van der Waals surface area contributed by atoms with E-state index in [4.69, 9.17) is 5.73 Å². The number of hydrogen-bond acceptors (Lipinski definition) is 4. The monoisotopic (exact) mass is 254 g/mol. The van der Waals surface area contributed by atoms with Crippen LogP contribution >= 0.6 is 0 Å². The lowest BCUT2D eigenvalue weighted by molar-refractivity contribution is 0.0892. The lowest BCUT2D eigenvalue weighted by atomic mass is 10.1. The predicted octanol–water partition coefficient (Wildman–Crippen LogP) is 0.691. The van der Waals surface area contributed by atoms with Crippen molar-refractivity contribution in [1.29, 1.82) is 0 Å². The standard InChI is InChI=1S/C12H22N4O2/c1-4-5-8-10(13)11(16-15-8)12(18)14-9(6-17)7(2)3/h7,9,17H,4-6,13H2,1-3H3,(H,14,18)(H,15,16)/t9-/m1/s1. The molecule has 0 saturated heterocycles. The Hall–Kier alpha value is -1.56.